The summed E-state index contributed by atoms with van der Waals surface area (Å²) in [6.45, 7) is 6.62. The van der Waals surface area contributed by atoms with Gasteiger partial charge in [-0.2, -0.15) is 0 Å². The van der Waals surface area contributed by atoms with Crippen molar-refractivity contribution in [1.29, 1.82) is 0 Å². The SMILES string of the molecule is C=C(C)C(=O)C(CC)C(=O)CC(=O)O. The van der Waals surface area contributed by atoms with Gasteiger partial charge in [-0.1, -0.05) is 13.5 Å². The highest BCUT2D eigenvalue weighted by Gasteiger charge is 2.26. The fourth-order valence-corrected chi connectivity index (χ4v) is 1.13. The van der Waals surface area contributed by atoms with Crippen LogP contribution >= 0.6 is 0 Å². The molecular weight excluding hydrogens is 184 g/mol. The van der Waals surface area contributed by atoms with Crippen molar-refractivity contribution >= 4 is 17.5 Å². The Bertz CT molecular complexity index is 278. The summed E-state index contributed by atoms with van der Waals surface area (Å²) in [7, 11) is 0. The molecule has 0 fully saturated rings. The van der Waals surface area contributed by atoms with Crippen LogP contribution in [0.1, 0.15) is 26.7 Å². The second-order valence-electron chi connectivity index (χ2n) is 3.14. The predicted molar refractivity (Wildman–Crippen MR) is 50.9 cm³/mol. The Labute approximate surface area is 82.6 Å². The highest BCUT2D eigenvalue weighted by atomic mass is 16.4. The summed E-state index contributed by atoms with van der Waals surface area (Å²) in [6, 6.07) is 0. The third kappa shape index (κ3) is 3.51. The maximum atomic E-state index is 11.4. The Balaban J connectivity index is 4.56. The second kappa shape index (κ2) is 5.32. The quantitative estimate of drug-likeness (QED) is 0.514. The van der Waals surface area contributed by atoms with Crippen LogP contribution < -0.4 is 0 Å². The molecule has 1 atom stereocenters. The molecule has 0 saturated carbocycles. The number of hydrogen-bond acceptors (Lipinski definition) is 3. The lowest BCUT2D eigenvalue weighted by Crippen LogP contribution is -2.25. The van der Waals surface area contributed by atoms with Crippen molar-refractivity contribution in [1.82, 2.24) is 0 Å². The van der Waals surface area contributed by atoms with Crippen molar-refractivity contribution < 1.29 is 19.5 Å². The lowest BCUT2D eigenvalue weighted by Gasteiger charge is -2.10. The van der Waals surface area contributed by atoms with Gasteiger partial charge >= 0.3 is 5.97 Å². The highest BCUT2D eigenvalue weighted by molar-refractivity contribution is 6.12. The number of aliphatic carboxylic acids is 1. The van der Waals surface area contributed by atoms with E-state index >= 15 is 0 Å². The van der Waals surface area contributed by atoms with Crippen LogP contribution in [0.3, 0.4) is 0 Å². The van der Waals surface area contributed by atoms with E-state index in [0.717, 1.165) is 0 Å². The number of ketones is 2. The summed E-state index contributed by atoms with van der Waals surface area (Å²) in [4.78, 5) is 32.9. The molecule has 4 nitrogen and oxygen atoms in total. The number of hydrogen-bond donors (Lipinski definition) is 1. The van der Waals surface area contributed by atoms with Crippen molar-refractivity contribution in [3.8, 4) is 0 Å². The van der Waals surface area contributed by atoms with Crippen molar-refractivity contribution in [2.45, 2.75) is 26.7 Å². The number of rotatable bonds is 6. The first-order valence-corrected chi connectivity index (χ1v) is 4.34. The van der Waals surface area contributed by atoms with Gasteiger partial charge in [0.2, 0.25) is 0 Å². The Morgan fingerprint density at radius 3 is 2.14 bits per heavy atom. The zero-order valence-corrected chi connectivity index (χ0v) is 8.37. The molecule has 0 radical (unpaired) electrons. The summed E-state index contributed by atoms with van der Waals surface area (Å²) < 4.78 is 0. The van der Waals surface area contributed by atoms with Crippen LogP contribution in [-0.2, 0) is 14.4 Å². The van der Waals surface area contributed by atoms with Gasteiger partial charge < -0.3 is 5.11 Å². The smallest absolute Gasteiger partial charge is 0.310 e. The zero-order valence-electron chi connectivity index (χ0n) is 8.37. The molecule has 0 aliphatic rings. The van der Waals surface area contributed by atoms with Crippen LogP contribution in [0, 0.1) is 5.92 Å². The fraction of sp³-hybridized carbons (Fsp3) is 0.500. The average molecular weight is 198 g/mol. The van der Waals surface area contributed by atoms with E-state index in [2.05, 4.69) is 6.58 Å². The van der Waals surface area contributed by atoms with Crippen molar-refractivity contribution in [2.75, 3.05) is 0 Å². The monoisotopic (exact) mass is 198 g/mol. The molecule has 0 aromatic rings. The van der Waals surface area contributed by atoms with Crippen molar-refractivity contribution in [3.05, 3.63) is 12.2 Å². The molecule has 0 aromatic heterocycles. The van der Waals surface area contributed by atoms with E-state index in [4.69, 9.17) is 5.11 Å². The largest absolute Gasteiger partial charge is 0.481 e. The van der Waals surface area contributed by atoms with Crippen LogP contribution in [0.25, 0.3) is 0 Å². The number of carboxylic acids is 1. The molecule has 1 N–H and O–H groups in total. The van der Waals surface area contributed by atoms with Gasteiger partial charge in [0, 0.05) is 0 Å². The van der Waals surface area contributed by atoms with Crippen LogP contribution in [0.2, 0.25) is 0 Å². The first-order chi connectivity index (χ1) is 6.40. The predicted octanol–water partition coefficient (Wildman–Crippen LogP) is 1.20. The van der Waals surface area contributed by atoms with Crippen LogP contribution in [0.15, 0.2) is 12.2 Å². The molecule has 0 aliphatic carbocycles. The minimum Gasteiger partial charge on any atom is -0.481 e. The Kier molecular flexibility index (Phi) is 4.77. The van der Waals surface area contributed by atoms with E-state index in [1.54, 1.807) is 6.92 Å². The van der Waals surface area contributed by atoms with E-state index in [1.807, 2.05) is 0 Å². The summed E-state index contributed by atoms with van der Waals surface area (Å²) in [5.74, 6) is -2.96. The summed E-state index contributed by atoms with van der Waals surface area (Å²) in [5.41, 5.74) is 0.288. The van der Waals surface area contributed by atoms with Crippen LogP contribution in [0.5, 0.6) is 0 Å². The first kappa shape index (κ1) is 12.6. The molecule has 14 heavy (non-hydrogen) atoms. The Hall–Kier alpha value is -1.45. The van der Waals surface area contributed by atoms with Gasteiger partial charge in [-0.25, -0.2) is 0 Å². The molecule has 0 rings (SSSR count). The topological polar surface area (TPSA) is 71.4 Å². The molecule has 4 heteroatoms. The van der Waals surface area contributed by atoms with E-state index in [-0.39, 0.29) is 11.4 Å². The molecule has 78 valence electrons. The first-order valence-electron chi connectivity index (χ1n) is 4.34. The minimum absolute atomic E-state index is 0.288. The molecule has 0 saturated heterocycles. The zero-order chi connectivity index (χ0) is 11.3. The molecule has 0 amide bonds. The van der Waals surface area contributed by atoms with Crippen molar-refractivity contribution in [3.63, 3.8) is 0 Å². The van der Waals surface area contributed by atoms with Gasteiger partial charge in [-0.3, -0.25) is 14.4 Å². The molecule has 1 unspecified atom stereocenters. The maximum absolute atomic E-state index is 11.4. The minimum atomic E-state index is -1.21. The summed E-state index contributed by atoms with van der Waals surface area (Å²) in [5, 5.41) is 8.39. The molecule has 0 heterocycles. The van der Waals surface area contributed by atoms with Gasteiger partial charge in [-0.05, 0) is 18.9 Å². The van der Waals surface area contributed by atoms with E-state index in [9.17, 15) is 14.4 Å². The lowest BCUT2D eigenvalue weighted by molar-refractivity contribution is -0.142. The van der Waals surface area contributed by atoms with E-state index in [1.165, 1.54) is 6.92 Å². The van der Waals surface area contributed by atoms with Gasteiger partial charge in [0.05, 0.1) is 5.92 Å². The second-order valence-corrected chi connectivity index (χ2v) is 3.14. The normalized spacial score (nSPS) is 11.9. The molecule has 0 spiro atoms. The van der Waals surface area contributed by atoms with Gasteiger partial charge in [0.25, 0.3) is 0 Å². The van der Waals surface area contributed by atoms with Crippen LogP contribution in [-0.4, -0.2) is 22.6 Å². The number of carbonyl (C=O) groups excluding carboxylic acids is 2. The summed E-state index contributed by atoms with van der Waals surface area (Å²) in [6.07, 6.45) is -0.282. The van der Waals surface area contributed by atoms with E-state index < -0.39 is 24.1 Å². The average Bonchev–Trinajstić information content (AvgIpc) is 2.03. The third-order valence-corrected chi connectivity index (χ3v) is 1.86. The third-order valence-electron chi connectivity index (χ3n) is 1.86. The Morgan fingerprint density at radius 2 is 1.86 bits per heavy atom. The highest BCUT2D eigenvalue weighted by Crippen LogP contribution is 2.12. The number of carboxylic acid groups (broad SMARTS) is 1. The number of allylic oxidation sites excluding steroid dienone is 1. The molecular formula is C10H14O4. The Morgan fingerprint density at radius 1 is 1.36 bits per heavy atom. The molecule has 0 bridgehead atoms. The van der Waals surface area contributed by atoms with Gasteiger partial charge in [-0.15, -0.1) is 0 Å². The fourth-order valence-electron chi connectivity index (χ4n) is 1.13. The van der Waals surface area contributed by atoms with Gasteiger partial charge in [0.15, 0.2) is 11.6 Å². The number of carbonyl (C=O) groups is 3. The summed E-state index contributed by atoms with van der Waals surface area (Å²) >= 11 is 0. The number of Topliss-reactive ketones (excluding diaryl/α,β-unsaturated/α-hetero) is 2. The van der Waals surface area contributed by atoms with E-state index in [0.29, 0.717) is 6.42 Å². The molecule has 0 aromatic carbocycles. The maximum Gasteiger partial charge on any atom is 0.310 e. The van der Waals surface area contributed by atoms with Crippen molar-refractivity contribution in [2.24, 2.45) is 5.92 Å². The molecule has 0 aliphatic heterocycles. The van der Waals surface area contributed by atoms with Gasteiger partial charge in [0.1, 0.15) is 6.42 Å². The van der Waals surface area contributed by atoms with Crippen LogP contribution in [0.4, 0.5) is 0 Å². The lowest BCUT2D eigenvalue weighted by atomic mass is 9.91. The standard InChI is InChI=1S/C10H14O4/c1-4-7(10(14)6(2)3)8(11)5-9(12)13/h7H,2,4-5H2,1,3H3,(H,12,13).